The van der Waals surface area contributed by atoms with Crippen molar-refractivity contribution in [2.75, 3.05) is 18.0 Å². The third kappa shape index (κ3) is 3.23. The quantitative estimate of drug-likeness (QED) is 0.863. The number of nitrogens with one attached hydrogen (secondary N) is 1. The molecule has 1 aliphatic heterocycles. The van der Waals surface area contributed by atoms with Gasteiger partial charge in [-0.25, -0.2) is 4.39 Å². The maximum absolute atomic E-state index is 14.4. The zero-order valence-electron chi connectivity index (χ0n) is 14.1. The van der Waals surface area contributed by atoms with E-state index in [2.05, 4.69) is 44.0 Å². The Bertz CT molecular complexity index is 496. The molecule has 2 nitrogen and oxygen atoms in total. The number of nitrogens with zero attached hydrogens (tertiary/aromatic N) is 1. The first-order valence-electron chi connectivity index (χ1n) is 8.21. The first kappa shape index (κ1) is 16.3. The number of fused-ring (bicyclic) bond motifs is 1. The van der Waals surface area contributed by atoms with Crippen LogP contribution in [0.3, 0.4) is 0 Å². The molecule has 1 aromatic carbocycles. The standard InChI is InChI=1S/C18H29FN2/c1-6-8-21-17-10-16(19)14(12-20-7-2)9-15(17)13(3)11-18(21,4)5/h9-10,13,20H,6-8,11-12H2,1-5H3/t13-/m0/s1. The molecule has 0 fully saturated rings. The molecule has 118 valence electrons. The summed E-state index contributed by atoms with van der Waals surface area (Å²) in [6, 6.07) is 3.84. The highest BCUT2D eigenvalue weighted by molar-refractivity contribution is 5.61. The van der Waals surface area contributed by atoms with Crippen LogP contribution in [0.25, 0.3) is 0 Å². The normalized spacial score (nSPS) is 20.5. The minimum absolute atomic E-state index is 0.0827. The molecule has 1 atom stereocenters. The summed E-state index contributed by atoms with van der Waals surface area (Å²) in [6.45, 7) is 13.5. The monoisotopic (exact) mass is 292 g/mol. The summed E-state index contributed by atoms with van der Waals surface area (Å²) in [4.78, 5) is 2.39. The largest absolute Gasteiger partial charge is 0.366 e. The Morgan fingerprint density at radius 1 is 1.33 bits per heavy atom. The fraction of sp³-hybridized carbons (Fsp3) is 0.667. The molecule has 2 rings (SSSR count). The second-order valence-corrected chi connectivity index (χ2v) is 6.85. The SMILES string of the molecule is CCCN1c2cc(F)c(CNCC)cc2[C@@H](C)CC1(C)C. The van der Waals surface area contributed by atoms with Crippen LogP contribution in [0, 0.1) is 5.82 Å². The number of rotatable bonds is 5. The Labute approximate surface area is 128 Å². The summed E-state index contributed by atoms with van der Waals surface area (Å²) in [6.07, 6.45) is 2.20. The van der Waals surface area contributed by atoms with Gasteiger partial charge in [0.2, 0.25) is 0 Å². The van der Waals surface area contributed by atoms with Crippen molar-refractivity contribution in [1.29, 1.82) is 0 Å². The number of halogens is 1. The van der Waals surface area contributed by atoms with E-state index in [9.17, 15) is 4.39 Å². The maximum Gasteiger partial charge on any atom is 0.129 e. The van der Waals surface area contributed by atoms with Gasteiger partial charge in [0.05, 0.1) is 0 Å². The van der Waals surface area contributed by atoms with Crippen molar-refractivity contribution in [2.45, 2.75) is 65.5 Å². The molecule has 21 heavy (non-hydrogen) atoms. The summed E-state index contributed by atoms with van der Waals surface area (Å²) in [7, 11) is 0. The van der Waals surface area contributed by atoms with Crippen LogP contribution in [-0.4, -0.2) is 18.6 Å². The van der Waals surface area contributed by atoms with Crippen molar-refractivity contribution in [3.63, 3.8) is 0 Å². The van der Waals surface area contributed by atoms with Crippen LogP contribution in [0.2, 0.25) is 0 Å². The van der Waals surface area contributed by atoms with Crippen molar-refractivity contribution >= 4 is 5.69 Å². The molecule has 0 spiro atoms. The van der Waals surface area contributed by atoms with Crippen LogP contribution in [0.1, 0.15) is 64.5 Å². The van der Waals surface area contributed by atoms with Gasteiger partial charge < -0.3 is 10.2 Å². The highest BCUT2D eigenvalue weighted by Gasteiger charge is 2.36. The number of hydrogen-bond acceptors (Lipinski definition) is 2. The molecule has 0 amide bonds. The minimum atomic E-state index is -0.0827. The molecule has 1 aliphatic rings. The summed E-state index contributed by atoms with van der Waals surface area (Å²) in [5.74, 6) is 0.393. The first-order valence-corrected chi connectivity index (χ1v) is 8.21. The Balaban J connectivity index is 2.45. The Morgan fingerprint density at radius 2 is 2.05 bits per heavy atom. The van der Waals surface area contributed by atoms with Gasteiger partial charge in [0.15, 0.2) is 0 Å². The van der Waals surface area contributed by atoms with Gasteiger partial charge in [-0.2, -0.15) is 0 Å². The van der Waals surface area contributed by atoms with Gasteiger partial charge in [-0.1, -0.05) is 20.8 Å². The summed E-state index contributed by atoms with van der Waals surface area (Å²) < 4.78 is 14.4. The van der Waals surface area contributed by atoms with Crippen molar-refractivity contribution in [1.82, 2.24) is 5.32 Å². The Morgan fingerprint density at radius 3 is 2.67 bits per heavy atom. The van der Waals surface area contributed by atoms with Gasteiger partial charge in [0.1, 0.15) is 5.82 Å². The molecule has 0 aliphatic carbocycles. The van der Waals surface area contributed by atoms with Gasteiger partial charge in [0, 0.05) is 29.9 Å². The lowest BCUT2D eigenvalue weighted by Crippen LogP contribution is -2.48. The molecule has 1 N–H and O–H groups in total. The van der Waals surface area contributed by atoms with E-state index in [-0.39, 0.29) is 11.4 Å². The summed E-state index contributed by atoms with van der Waals surface area (Å²) in [5, 5.41) is 3.23. The maximum atomic E-state index is 14.4. The van der Waals surface area contributed by atoms with E-state index in [0.717, 1.165) is 37.2 Å². The lowest BCUT2D eigenvalue weighted by atomic mass is 9.79. The van der Waals surface area contributed by atoms with E-state index in [0.29, 0.717) is 12.5 Å². The zero-order chi connectivity index (χ0) is 15.6. The predicted octanol–water partition coefficient (Wildman–Crippen LogP) is 4.44. The molecule has 1 aromatic rings. The fourth-order valence-corrected chi connectivity index (χ4v) is 3.59. The van der Waals surface area contributed by atoms with E-state index >= 15 is 0 Å². The molecule has 0 saturated carbocycles. The molecule has 3 heteroatoms. The molecule has 0 radical (unpaired) electrons. The fourth-order valence-electron chi connectivity index (χ4n) is 3.59. The van der Waals surface area contributed by atoms with Crippen molar-refractivity contribution < 1.29 is 4.39 Å². The average molecular weight is 292 g/mol. The molecule has 0 saturated heterocycles. The molecule has 0 unspecified atom stereocenters. The molecule has 0 aromatic heterocycles. The van der Waals surface area contributed by atoms with E-state index in [1.807, 2.05) is 6.92 Å². The Hall–Kier alpha value is -1.09. The van der Waals surface area contributed by atoms with Crippen LogP contribution in [0.5, 0.6) is 0 Å². The van der Waals surface area contributed by atoms with Crippen LogP contribution >= 0.6 is 0 Å². The van der Waals surface area contributed by atoms with Crippen molar-refractivity contribution in [3.8, 4) is 0 Å². The smallest absolute Gasteiger partial charge is 0.129 e. The summed E-state index contributed by atoms with van der Waals surface area (Å²) in [5.41, 5.74) is 3.28. The molecule has 1 heterocycles. The predicted molar refractivity (Wildman–Crippen MR) is 88.5 cm³/mol. The molecule has 0 bridgehead atoms. The topological polar surface area (TPSA) is 15.3 Å². The molecular formula is C18H29FN2. The lowest BCUT2D eigenvalue weighted by Gasteiger charge is -2.47. The summed E-state index contributed by atoms with van der Waals surface area (Å²) >= 11 is 0. The van der Waals surface area contributed by atoms with Crippen LogP contribution in [0.4, 0.5) is 10.1 Å². The van der Waals surface area contributed by atoms with Gasteiger partial charge >= 0.3 is 0 Å². The van der Waals surface area contributed by atoms with E-state index in [4.69, 9.17) is 0 Å². The van der Waals surface area contributed by atoms with E-state index in [1.165, 1.54) is 5.56 Å². The lowest BCUT2D eigenvalue weighted by molar-refractivity contribution is 0.374. The van der Waals surface area contributed by atoms with Crippen molar-refractivity contribution in [3.05, 3.63) is 29.1 Å². The second-order valence-electron chi connectivity index (χ2n) is 6.85. The number of hydrogen-bond donors (Lipinski definition) is 1. The third-order valence-corrected chi connectivity index (χ3v) is 4.57. The average Bonchev–Trinajstić information content (AvgIpc) is 2.41. The van der Waals surface area contributed by atoms with Gasteiger partial charge in [-0.05, 0) is 56.8 Å². The third-order valence-electron chi connectivity index (χ3n) is 4.57. The van der Waals surface area contributed by atoms with Gasteiger partial charge in [-0.3, -0.25) is 0 Å². The van der Waals surface area contributed by atoms with E-state index in [1.54, 1.807) is 6.07 Å². The molecular weight excluding hydrogens is 263 g/mol. The van der Waals surface area contributed by atoms with E-state index < -0.39 is 0 Å². The van der Waals surface area contributed by atoms with Gasteiger partial charge in [-0.15, -0.1) is 0 Å². The van der Waals surface area contributed by atoms with Crippen LogP contribution in [-0.2, 0) is 6.54 Å². The van der Waals surface area contributed by atoms with Gasteiger partial charge in [0.25, 0.3) is 0 Å². The number of benzene rings is 1. The highest BCUT2D eigenvalue weighted by Crippen LogP contribution is 2.44. The highest BCUT2D eigenvalue weighted by atomic mass is 19.1. The van der Waals surface area contributed by atoms with Crippen LogP contribution in [0.15, 0.2) is 12.1 Å². The number of anilines is 1. The zero-order valence-corrected chi connectivity index (χ0v) is 14.1. The second kappa shape index (κ2) is 6.35. The first-order chi connectivity index (χ1) is 9.90. The van der Waals surface area contributed by atoms with Crippen LogP contribution < -0.4 is 10.2 Å². The Kier molecular flexibility index (Phi) is 4.92. The minimum Gasteiger partial charge on any atom is -0.366 e. The van der Waals surface area contributed by atoms with Crippen molar-refractivity contribution in [2.24, 2.45) is 0 Å².